The molecule has 0 unspecified atom stereocenters. The lowest BCUT2D eigenvalue weighted by molar-refractivity contribution is -0.384. The highest BCUT2D eigenvalue weighted by Gasteiger charge is 2.20. The molecule has 0 aliphatic carbocycles. The standard InChI is InChI=1S/C21H14ClN5O5/c1-31-17-4-2-11(19-14(8-23)20(25)26-21(28)15(19)9-24)6-12(17)10-32-18-5-3-13(27(29)30)7-16(18)22/h2-7H,10H2,1H3,(H3,25,26,28). The summed E-state index contributed by atoms with van der Waals surface area (Å²) in [6, 6.07) is 12.3. The predicted molar refractivity (Wildman–Crippen MR) is 115 cm³/mol. The summed E-state index contributed by atoms with van der Waals surface area (Å²) < 4.78 is 11.0. The van der Waals surface area contributed by atoms with Gasteiger partial charge in [0.15, 0.2) is 0 Å². The Hall–Kier alpha value is -4.54. The van der Waals surface area contributed by atoms with Gasteiger partial charge in [-0.15, -0.1) is 0 Å². The van der Waals surface area contributed by atoms with E-state index in [1.54, 1.807) is 24.3 Å². The monoisotopic (exact) mass is 451 g/mol. The topological polar surface area (TPSA) is 168 Å². The number of pyridine rings is 1. The van der Waals surface area contributed by atoms with Crippen molar-refractivity contribution in [2.45, 2.75) is 6.61 Å². The molecule has 0 saturated heterocycles. The number of nitrogens with zero attached hydrogens (tertiary/aromatic N) is 3. The minimum absolute atomic E-state index is 0.0448. The highest BCUT2D eigenvalue weighted by Crippen LogP contribution is 2.34. The number of nitrogens with two attached hydrogens (primary N) is 1. The average molecular weight is 452 g/mol. The summed E-state index contributed by atoms with van der Waals surface area (Å²) in [6.45, 7) is -0.0585. The molecule has 2 aromatic carbocycles. The molecule has 3 N–H and O–H groups in total. The summed E-state index contributed by atoms with van der Waals surface area (Å²) in [6.07, 6.45) is 0. The van der Waals surface area contributed by atoms with E-state index in [2.05, 4.69) is 4.98 Å². The van der Waals surface area contributed by atoms with Gasteiger partial charge < -0.3 is 20.2 Å². The van der Waals surface area contributed by atoms with Crippen LogP contribution in [-0.4, -0.2) is 17.0 Å². The first kappa shape index (κ1) is 22.2. The maximum absolute atomic E-state index is 12.2. The molecule has 0 spiro atoms. The van der Waals surface area contributed by atoms with Crippen molar-refractivity contribution in [2.75, 3.05) is 12.8 Å². The Kier molecular flexibility index (Phi) is 6.29. The van der Waals surface area contributed by atoms with E-state index in [0.717, 1.165) is 0 Å². The molecule has 3 rings (SSSR count). The van der Waals surface area contributed by atoms with Crippen LogP contribution in [0.5, 0.6) is 11.5 Å². The fourth-order valence-corrected chi connectivity index (χ4v) is 3.28. The number of nitro benzene ring substituents is 1. The van der Waals surface area contributed by atoms with Gasteiger partial charge in [0.25, 0.3) is 11.2 Å². The van der Waals surface area contributed by atoms with Gasteiger partial charge in [-0.1, -0.05) is 17.7 Å². The van der Waals surface area contributed by atoms with Crippen LogP contribution in [0.3, 0.4) is 0 Å². The molecular formula is C21H14ClN5O5. The number of nitriles is 2. The molecule has 0 aliphatic rings. The quantitative estimate of drug-likeness (QED) is 0.423. The lowest BCUT2D eigenvalue weighted by atomic mass is 9.95. The molecule has 0 radical (unpaired) electrons. The number of benzene rings is 2. The molecule has 0 bridgehead atoms. The number of H-pyrrole nitrogens is 1. The van der Waals surface area contributed by atoms with Gasteiger partial charge in [-0.2, -0.15) is 10.5 Å². The number of methoxy groups -OCH3 is 1. The summed E-state index contributed by atoms with van der Waals surface area (Å²) in [5, 5.41) is 29.9. The minimum atomic E-state index is -0.717. The summed E-state index contributed by atoms with van der Waals surface area (Å²) in [7, 11) is 1.45. The van der Waals surface area contributed by atoms with Crippen LogP contribution in [0.25, 0.3) is 11.1 Å². The Balaban J connectivity index is 2.05. The number of anilines is 1. The molecule has 32 heavy (non-hydrogen) atoms. The molecule has 1 aromatic heterocycles. The zero-order valence-corrected chi connectivity index (χ0v) is 17.3. The van der Waals surface area contributed by atoms with Crippen LogP contribution in [0.2, 0.25) is 5.02 Å². The van der Waals surface area contributed by atoms with E-state index >= 15 is 0 Å². The number of aromatic amines is 1. The van der Waals surface area contributed by atoms with Crippen LogP contribution < -0.4 is 20.8 Å². The predicted octanol–water partition coefficient (Wildman–Crippen LogP) is 3.52. The van der Waals surface area contributed by atoms with Gasteiger partial charge >= 0.3 is 0 Å². The van der Waals surface area contributed by atoms with Gasteiger partial charge in [-0.3, -0.25) is 14.9 Å². The van der Waals surface area contributed by atoms with Crippen LogP contribution in [-0.2, 0) is 6.61 Å². The SMILES string of the molecule is COc1ccc(-c2c(C#N)c(N)[nH]c(=O)c2C#N)cc1COc1ccc([N+](=O)[O-])cc1Cl. The number of hydrogen-bond donors (Lipinski definition) is 2. The number of rotatable bonds is 6. The Morgan fingerprint density at radius 2 is 1.84 bits per heavy atom. The van der Waals surface area contributed by atoms with Crippen molar-refractivity contribution in [3.8, 4) is 34.8 Å². The van der Waals surface area contributed by atoms with Gasteiger partial charge in [0.1, 0.15) is 47.2 Å². The van der Waals surface area contributed by atoms with E-state index in [9.17, 15) is 25.4 Å². The van der Waals surface area contributed by atoms with Crippen molar-refractivity contribution < 1.29 is 14.4 Å². The van der Waals surface area contributed by atoms with Crippen molar-refractivity contribution in [2.24, 2.45) is 0 Å². The maximum Gasteiger partial charge on any atom is 0.271 e. The van der Waals surface area contributed by atoms with E-state index in [1.165, 1.54) is 25.3 Å². The van der Waals surface area contributed by atoms with Crippen LogP contribution >= 0.6 is 11.6 Å². The average Bonchev–Trinajstić information content (AvgIpc) is 2.77. The van der Waals surface area contributed by atoms with Crippen LogP contribution in [0.15, 0.2) is 41.2 Å². The van der Waals surface area contributed by atoms with Gasteiger partial charge in [0.2, 0.25) is 0 Å². The van der Waals surface area contributed by atoms with Crippen molar-refractivity contribution in [3.63, 3.8) is 0 Å². The number of aromatic nitrogens is 1. The Bertz CT molecular complexity index is 1370. The number of hydrogen-bond acceptors (Lipinski definition) is 8. The summed E-state index contributed by atoms with van der Waals surface area (Å²) >= 11 is 6.07. The first-order chi connectivity index (χ1) is 15.3. The molecule has 1 heterocycles. The molecule has 0 saturated carbocycles. The van der Waals surface area contributed by atoms with Crippen LogP contribution in [0.4, 0.5) is 11.5 Å². The molecule has 11 heteroatoms. The Morgan fingerprint density at radius 3 is 2.44 bits per heavy atom. The number of nitrogens with one attached hydrogen (secondary N) is 1. The van der Waals surface area contributed by atoms with Crippen molar-refractivity contribution in [1.29, 1.82) is 10.5 Å². The second-order valence-electron chi connectivity index (χ2n) is 6.40. The van der Waals surface area contributed by atoms with Gasteiger partial charge in [-0.05, 0) is 23.8 Å². The second-order valence-corrected chi connectivity index (χ2v) is 6.81. The first-order valence-corrected chi connectivity index (χ1v) is 9.28. The Labute approximate surface area is 186 Å². The number of halogens is 1. The highest BCUT2D eigenvalue weighted by molar-refractivity contribution is 6.32. The van der Waals surface area contributed by atoms with E-state index in [4.69, 9.17) is 26.8 Å². The van der Waals surface area contributed by atoms with Gasteiger partial charge in [0, 0.05) is 23.3 Å². The molecule has 0 aliphatic heterocycles. The number of nitrogen functional groups attached to an aromatic ring is 1. The number of non-ortho nitro benzene ring substituents is 1. The first-order valence-electron chi connectivity index (χ1n) is 8.90. The zero-order chi connectivity index (χ0) is 23.4. The summed E-state index contributed by atoms with van der Waals surface area (Å²) in [5.74, 6) is 0.486. The van der Waals surface area contributed by atoms with E-state index in [1.807, 2.05) is 6.07 Å². The molecule has 160 valence electrons. The molecule has 0 atom stereocenters. The molecule has 0 amide bonds. The number of nitro groups is 1. The normalized spacial score (nSPS) is 10.1. The van der Waals surface area contributed by atoms with Crippen molar-refractivity contribution in [1.82, 2.24) is 4.98 Å². The van der Waals surface area contributed by atoms with Crippen LogP contribution in [0, 0.1) is 32.8 Å². The highest BCUT2D eigenvalue weighted by atomic mass is 35.5. The molecule has 3 aromatic rings. The zero-order valence-electron chi connectivity index (χ0n) is 16.5. The fourth-order valence-electron chi connectivity index (χ4n) is 3.05. The third kappa shape index (κ3) is 4.17. The Morgan fingerprint density at radius 1 is 1.16 bits per heavy atom. The maximum atomic E-state index is 12.2. The minimum Gasteiger partial charge on any atom is -0.496 e. The van der Waals surface area contributed by atoms with Crippen molar-refractivity contribution >= 4 is 23.1 Å². The summed E-state index contributed by atoms with van der Waals surface area (Å²) in [4.78, 5) is 24.8. The molecule has 0 fully saturated rings. The smallest absolute Gasteiger partial charge is 0.271 e. The fraction of sp³-hybridized carbons (Fsp3) is 0.0952. The second kappa shape index (κ2) is 9.08. The number of ether oxygens (including phenoxy) is 2. The summed E-state index contributed by atoms with van der Waals surface area (Å²) in [5.41, 5.74) is 5.55. The third-order valence-electron chi connectivity index (χ3n) is 4.55. The lowest BCUT2D eigenvalue weighted by Crippen LogP contribution is -2.16. The largest absolute Gasteiger partial charge is 0.496 e. The molecular weight excluding hydrogens is 438 g/mol. The van der Waals surface area contributed by atoms with Crippen molar-refractivity contribution in [3.05, 3.63) is 78.6 Å². The van der Waals surface area contributed by atoms with E-state index in [-0.39, 0.29) is 45.6 Å². The van der Waals surface area contributed by atoms with Gasteiger partial charge in [0.05, 0.1) is 17.1 Å². The lowest BCUT2D eigenvalue weighted by Gasteiger charge is -2.14. The molecule has 10 nitrogen and oxygen atoms in total. The van der Waals surface area contributed by atoms with E-state index in [0.29, 0.717) is 16.9 Å². The van der Waals surface area contributed by atoms with E-state index < -0.39 is 10.5 Å². The van der Waals surface area contributed by atoms with Gasteiger partial charge in [-0.25, -0.2) is 0 Å². The third-order valence-corrected chi connectivity index (χ3v) is 4.84. The van der Waals surface area contributed by atoms with Crippen LogP contribution in [0.1, 0.15) is 16.7 Å².